The molecule has 2 aliphatic rings. The molecule has 2 fully saturated rings. The number of nitrogens with zero attached hydrogens (tertiary/aromatic N) is 2. The first-order chi connectivity index (χ1) is 12.6. The molecule has 2 saturated carbocycles. The molecule has 0 saturated heterocycles. The number of imidazole rings is 1. The lowest BCUT2D eigenvalue weighted by Crippen LogP contribution is -2.45. The van der Waals surface area contributed by atoms with E-state index in [9.17, 15) is 9.18 Å². The van der Waals surface area contributed by atoms with Gasteiger partial charge in [0.1, 0.15) is 17.2 Å². The second-order valence-electron chi connectivity index (χ2n) is 7.53. The molecule has 1 amide bonds. The van der Waals surface area contributed by atoms with Crippen LogP contribution in [-0.4, -0.2) is 26.4 Å². The predicted octanol–water partition coefficient (Wildman–Crippen LogP) is 3.83. The van der Waals surface area contributed by atoms with E-state index in [1.165, 1.54) is 25.0 Å². The minimum absolute atomic E-state index is 0.0343. The van der Waals surface area contributed by atoms with Crippen molar-refractivity contribution in [2.75, 3.05) is 0 Å². The van der Waals surface area contributed by atoms with Crippen LogP contribution in [0.25, 0.3) is 22.6 Å². The number of halogens is 1. The number of carbonyl (C=O) groups is 1. The van der Waals surface area contributed by atoms with Crippen molar-refractivity contribution in [3.63, 3.8) is 0 Å². The van der Waals surface area contributed by atoms with Gasteiger partial charge in [0.25, 0.3) is 5.91 Å². The molecule has 132 valence electrons. The van der Waals surface area contributed by atoms with E-state index in [4.69, 9.17) is 0 Å². The van der Waals surface area contributed by atoms with Gasteiger partial charge < -0.3 is 10.3 Å². The topological polar surface area (TPSA) is 70.7 Å². The van der Waals surface area contributed by atoms with Crippen molar-refractivity contribution in [2.45, 2.75) is 37.6 Å². The van der Waals surface area contributed by atoms with Crippen LogP contribution >= 0.6 is 0 Å². The van der Waals surface area contributed by atoms with Crippen molar-refractivity contribution >= 4 is 17.1 Å². The van der Waals surface area contributed by atoms with Gasteiger partial charge in [-0.1, -0.05) is 0 Å². The van der Waals surface area contributed by atoms with E-state index < -0.39 is 0 Å². The Balaban J connectivity index is 1.50. The van der Waals surface area contributed by atoms with Gasteiger partial charge in [-0.25, -0.2) is 14.4 Å². The highest BCUT2D eigenvalue weighted by molar-refractivity contribution is 6.04. The SMILES string of the molecule is O=C(NC12CCC(CC1)C2)c1ccnc2[nH]c(-c3ccc(F)cc3)nc12. The number of fused-ring (bicyclic) bond motifs is 3. The first-order valence-corrected chi connectivity index (χ1v) is 9.05. The second kappa shape index (κ2) is 5.62. The Morgan fingerprint density at radius 2 is 1.96 bits per heavy atom. The monoisotopic (exact) mass is 350 g/mol. The lowest BCUT2D eigenvalue weighted by molar-refractivity contribution is 0.0902. The normalized spacial score (nSPS) is 24.3. The third kappa shape index (κ3) is 2.48. The van der Waals surface area contributed by atoms with Crippen LogP contribution in [0.5, 0.6) is 0 Å². The minimum atomic E-state index is -0.297. The number of aromatic amines is 1. The van der Waals surface area contributed by atoms with E-state index in [2.05, 4.69) is 20.3 Å². The molecular weight excluding hydrogens is 331 g/mol. The Labute approximate surface area is 150 Å². The highest BCUT2D eigenvalue weighted by atomic mass is 19.1. The van der Waals surface area contributed by atoms with Crippen molar-refractivity contribution in [1.82, 2.24) is 20.3 Å². The van der Waals surface area contributed by atoms with Crippen LogP contribution in [-0.2, 0) is 0 Å². The van der Waals surface area contributed by atoms with Crippen LogP contribution in [0.2, 0.25) is 0 Å². The van der Waals surface area contributed by atoms with Crippen molar-refractivity contribution in [2.24, 2.45) is 5.92 Å². The van der Waals surface area contributed by atoms with E-state index >= 15 is 0 Å². The number of benzene rings is 1. The molecule has 0 atom stereocenters. The molecule has 6 heteroatoms. The van der Waals surface area contributed by atoms with E-state index in [0.29, 0.717) is 22.6 Å². The molecule has 0 radical (unpaired) electrons. The second-order valence-corrected chi connectivity index (χ2v) is 7.53. The van der Waals surface area contributed by atoms with Gasteiger partial charge >= 0.3 is 0 Å². The molecule has 5 nitrogen and oxygen atoms in total. The summed E-state index contributed by atoms with van der Waals surface area (Å²) in [5.74, 6) is 0.960. The molecule has 1 aromatic carbocycles. The zero-order valence-corrected chi connectivity index (χ0v) is 14.3. The molecule has 0 aliphatic heterocycles. The largest absolute Gasteiger partial charge is 0.347 e. The van der Waals surface area contributed by atoms with E-state index in [-0.39, 0.29) is 17.3 Å². The summed E-state index contributed by atoms with van der Waals surface area (Å²) < 4.78 is 13.1. The van der Waals surface area contributed by atoms with Gasteiger partial charge in [0, 0.05) is 17.3 Å². The highest BCUT2D eigenvalue weighted by Gasteiger charge is 2.45. The Hall–Kier alpha value is -2.76. The summed E-state index contributed by atoms with van der Waals surface area (Å²) in [4.78, 5) is 24.9. The van der Waals surface area contributed by atoms with Crippen molar-refractivity contribution in [3.05, 3.63) is 47.9 Å². The summed E-state index contributed by atoms with van der Waals surface area (Å²) in [7, 11) is 0. The maximum absolute atomic E-state index is 13.1. The molecule has 2 bridgehead atoms. The average Bonchev–Trinajstić information content (AvgIpc) is 3.35. The molecule has 5 rings (SSSR count). The zero-order valence-electron chi connectivity index (χ0n) is 14.3. The average molecular weight is 350 g/mol. The zero-order chi connectivity index (χ0) is 17.7. The smallest absolute Gasteiger partial charge is 0.254 e. The third-order valence-electron chi connectivity index (χ3n) is 5.87. The molecule has 3 aromatic rings. The summed E-state index contributed by atoms with van der Waals surface area (Å²) in [5.41, 5.74) is 2.36. The number of H-pyrrole nitrogens is 1. The number of aromatic nitrogens is 3. The van der Waals surface area contributed by atoms with E-state index in [0.717, 1.165) is 30.7 Å². The molecule has 2 N–H and O–H groups in total. The first kappa shape index (κ1) is 15.5. The van der Waals surface area contributed by atoms with Crippen LogP contribution < -0.4 is 5.32 Å². The standard InChI is InChI=1S/C20H19FN4O/c21-14-3-1-13(2-4-14)17-23-16-15(7-10-22-18(16)24-17)19(26)25-20-8-5-12(11-20)6-9-20/h1-4,7,10,12H,5-6,8-9,11H2,(H,25,26)(H,22,23,24). The molecule has 0 unspecified atom stereocenters. The van der Waals surface area contributed by atoms with Gasteiger partial charge in [-0.15, -0.1) is 0 Å². The van der Waals surface area contributed by atoms with Crippen molar-refractivity contribution < 1.29 is 9.18 Å². The number of amides is 1. The van der Waals surface area contributed by atoms with Gasteiger partial charge in [0.15, 0.2) is 5.65 Å². The number of pyridine rings is 1. The first-order valence-electron chi connectivity index (χ1n) is 9.05. The predicted molar refractivity (Wildman–Crippen MR) is 96.1 cm³/mol. The van der Waals surface area contributed by atoms with Crippen LogP contribution in [0.4, 0.5) is 4.39 Å². The minimum Gasteiger partial charge on any atom is -0.347 e. The van der Waals surface area contributed by atoms with Gasteiger partial charge in [-0.3, -0.25) is 4.79 Å². The Morgan fingerprint density at radius 3 is 2.65 bits per heavy atom. The fourth-order valence-electron chi connectivity index (χ4n) is 4.51. The van der Waals surface area contributed by atoms with Crippen LogP contribution in [0.15, 0.2) is 36.5 Å². The summed E-state index contributed by atoms with van der Waals surface area (Å²) >= 11 is 0. The lowest BCUT2D eigenvalue weighted by atomic mass is 9.93. The van der Waals surface area contributed by atoms with Crippen LogP contribution in [0.1, 0.15) is 42.5 Å². The summed E-state index contributed by atoms with van der Waals surface area (Å²) in [6.07, 6.45) is 7.27. The van der Waals surface area contributed by atoms with Crippen LogP contribution in [0, 0.1) is 11.7 Å². The van der Waals surface area contributed by atoms with Gasteiger partial charge in [0.05, 0.1) is 5.56 Å². The van der Waals surface area contributed by atoms with Gasteiger partial charge in [0.2, 0.25) is 0 Å². The lowest BCUT2D eigenvalue weighted by Gasteiger charge is -2.28. The maximum Gasteiger partial charge on any atom is 0.254 e. The molecule has 26 heavy (non-hydrogen) atoms. The summed E-state index contributed by atoms with van der Waals surface area (Å²) in [5, 5.41) is 3.28. The molecule has 2 aromatic heterocycles. The number of hydrogen-bond acceptors (Lipinski definition) is 3. The molecule has 0 spiro atoms. The Bertz CT molecular complexity index is 987. The van der Waals surface area contributed by atoms with Crippen molar-refractivity contribution in [1.29, 1.82) is 0 Å². The maximum atomic E-state index is 13.1. The quantitative estimate of drug-likeness (QED) is 0.754. The molecular formula is C20H19FN4O. The highest BCUT2D eigenvalue weighted by Crippen LogP contribution is 2.47. The van der Waals surface area contributed by atoms with Crippen LogP contribution in [0.3, 0.4) is 0 Å². The molecule has 2 aliphatic carbocycles. The molecule has 2 heterocycles. The Kier molecular flexibility index (Phi) is 3.35. The van der Waals surface area contributed by atoms with Gasteiger partial charge in [-0.2, -0.15) is 0 Å². The van der Waals surface area contributed by atoms with E-state index in [1.807, 2.05) is 0 Å². The number of nitrogens with one attached hydrogen (secondary N) is 2. The summed E-state index contributed by atoms with van der Waals surface area (Å²) in [6.45, 7) is 0. The fourth-order valence-corrected chi connectivity index (χ4v) is 4.51. The summed E-state index contributed by atoms with van der Waals surface area (Å²) in [6, 6.07) is 7.80. The van der Waals surface area contributed by atoms with E-state index in [1.54, 1.807) is 24.4 Å². The van der Waals surface area contributed by atoms with Crippen molar-refractivity contribution in [3.8, 4) is 11.4 Å². The number of hydrogen-bond donors (Lipinski definition) is 2. The third-order valence-corrected chi connectivity index (χ3v) is 5.87. The Morgan fingerprint density at radius 1 is 1.19 bits per heavy atom. The van der Waals surface area contributed by atoms with Gasteiger partial charge in [-0.05, 0) is 68.4 Å². The number of rotatable bonds is 3. The number of carbonyl (C=O) groups excluding carboxylic acids is 1. The fraction of sp³-hybridized carbons (Fsp3) is 0.350.